The highest BCUT2D eigenvalue weighted by atomic mass is 32.1. The molecule has 1 atom stereocenters. The molecule has 0 aromatic carbocycles. The van der Waals surface area contributed by atoms with Gasteiger partial charge in [-0.05, 0) is 37.4 Å². The first-order valence-corrected chi connectivity index (χ1v) is 8.23. The molecule has 0 aliphatic carbocycles. The lowest BCUT2D eigenvalue weighted by atomic mass is 9.82. The van der Waals surface area contributed by atoms with Gasteiger partial charge in [0.05, 0.1) is 24.3 Å². The van der Waals surface area contributed by atoms with Gasteiger partial charge in [0.1, 0.15) is 0 Å². The molecule has 1 unspecified atom stereocenters. The molecule has 0 spiro atoms. The number of rotatable bonds is 3. The second kappa shape index (κ2) is 6.38. The van der Waals surface area contributed by atoms with Gasteiger partial charge < -0.3 is 10.1 Å². The fraction of sp³-hybridized carbons (Fsp3) is 0.222. The van der Waals surface area contributed by atoms with Crippen molar-refractivity contribution in [3.63, 3.8) is 0 Å². The fourth-order valence-electron chi connectivity index (χ4n) is 2.98. The minimum atomic E-state index is -0.311. The van der Waals surface area contributed by atoms with Crippen molar-refractivity contribution in [2.75, 3.05) is 7.11 Å². The molecule has 0 saturated heterocycles. The van der Waals surface area contributed by atoms with Crippen LogP contribution in [-0.4, -0.2) is 18.1 Å². The van der Waals surface area contributed by atoms with Crippen molar-refractivity contribution >= 4 is 22.9 Å². The smallest absolute Gasteiger partial charge is 0.336 e. The second-order valence-electron chi connectivity index (χ2n) is 5.36. The Balaban J connectivity index is 2.21. The number of nitrogens with zero attached hydrogens (tertiary/aromatic N) is 1. The number of carbonyl (C=O) groups excluding carboxylic acids is 1. The standard InChI is InChI=1S/C18H18N2O2S/c1-11-15(13-7-4-5-9-19-13)17(14-8-6-10-23-14)16(12(2)20-11)18(21)22-3/h4-10,17,20H,1-3H3. The fourth-order valence-corrected chi connectivity index (χ4v) is 3.82. The molecule has 0 amide bonds. The van der Waals surface area contributed by atoms with E-state index in [9.17, 15) is 4.79 Å². The minimum Gasteiger partial charge on any atom is -0.466 e. The van der Waals surface area contributed by atoms with Crippen molar-refractivity contribution in [2.24, 2.45) is 0 Å². The van der Waals surface area contributed by atoms with Crippen LogP contribution in [0.5, 0.6) is 0 Å². The van der Waals surface area contributed by atoms with Crippen molar-refractivity contribution in [2.45, 2.75) is 19.8 Å². The molecule has 1 N–H and O–H groups in total. The van der Waals surface area contributed by atoms with Gasteiger partial charge in [-0.3, -0.25) is 4.98 Å². The van der Waals surface area contributed by atoms with E-state index in [4.69, 9.17) is 4.74 Å². The van der Waals surface area contributed by atoms with Crippen LogP contribution in [0.25, 0.3) is 5.57 Å². The first kappa shape index (κ1) is 15.5. The molecular weight excluding hydrogens is 308 g/mol. The lowest BCUT2D eigenvalue weighted by Crippen LogP contribution is -2.28. The summed E-state index contributed by atoms with van der Waals surface area (Å²) < 4.78 is 5.03. The van der Waals surface area contributed by atoms with Gasteiger partial charge in [-0.15, -0.1) is 11.3 Å². The third-order valence-electron chi connectivity index (χ3n) is 3.93. The van der Waals surface area contributed by atoms with Gasteiger partial charge in [0.15, 0.2) is 0 Å². The summed E-state index contributed by atoms with van der Waals surface area (Å²) in [6, 6.07) is 9.86. The molecule has 3 rings (SSSR count). The molecule has 1 aliphatic rings. The number of hydrogen-bond acceptors (Lipinski definition) is 5. The van der Waals surface area contributed by atoms with Crippen LogP contribution in [0.4, 0.5) is 0 Å². The Bertz CT molecular complexity index is 777. The van der Waals surface area contributed by atoms with Crippen molar-refractivity contribution in [3.05, 3.63) is 69.4 Å². The number of allylic oxidation sites excluding steroid dienone is 3. The molecule has 1 aliphatic heterocycles. The minimum absolute atomic E-state index is 0.168. The Hall–Kier alpha value is -2.40. The third kappa shape index (κ3) is 2.80. The highest BCUT2D eigenvalue weighted by Crippen LogP contribution is 2.44. The van der Waals surface area contributed by atoms with E-state index in [0.29, 0.717) is 5.57 Å². The quantitative estimate of drug-likeness (QED) is 0.874. The molecule has 23 heavy (non-hydrogen) atoms. The summed E-state index contributed by atoms with van der Waals surface area (Å²) in [5.41, 5.74) is 4.35. The Morgan fingerprint density at radius 1 is 1.22 bits per heavy atom. The van der Waals surface area contributed by atoms with Crippen molar-refractivity contribution in [3.8, 4) is 0 Å². The Kier molecular flexibility index (Phi) is 4.30. The van der Waals surface area contributed by atoms with E-state index in [1.807, 2.05) is 49.6 Å². The van der Waals surface area contributed by atoms with Gasteiger partial charge in [-0.2, -0.15) is 0 Å². The Morgan fingerprint density at radius 3 is 2.65 bits per heavy atom. The van der Waals surface area contributed by atoms with Crippen LogP contribution < -0.4 is 5.32 Å². The van der Waals surface area contributed by atoms with Gasteiger partial charge in [0.2, 0.25) is 0 Å². The topological polar surface area (TPSA) is 51.2 Å². The summed E-state index contributed by atoms with van der Waals surface area (Å²) in [4.78, 5) is 18.0. The summed E-state index contributed by atoms with van der Waals surface area (Å²) in [6.07, 6.45) is 1.77. The monoisotopic (exact) mass is 326 g/mol. The molecule has 0 bridgehead atoms. The predicted octanol–water partition coefficient (Wildman–Crippen LogP) is 3.71. The van der Waals surface area contributed by atoms with E-state index in [-0.39, 0.29) is 11.9 Å². The average Bonchev–Trinajstić information content (AvgIpc) is 3.08. The average molecular weight is 326 g/mol. The number of hydrogen-bond donors (Lipinski definition) is 1. The maximum atomic E-state index is 12.4. The predicted molar refractivity (Wildman–Crippen MR) is 91.7 cm³/mol. The number of ether oxygens (including phenoxy) is 1. The number of dihydropyridines is 1. The number of pyridine rings is 1. The SMILES string of the molecule is COC(=O)C1=C(C)NC(C)=C(c2ccccn2)C1c1cccs1. The lowest BCUT2D eigenvalue weighted by molar-refractivity contribution is -0.136. The molecule has 3 heterocycles. The number of aromatic nitrogens is 1. The maximum Gasteiger partial charge on any atom is 0.336 e. The normalized spacial score (nSPS) is 18.0. The summed E-state index contributed by atoms with van der Waals surface area (Å²) in [5, 5.41) is 5.33. The number of thiophene rings is 1. The summed E-state index contributed by atoms with van der Waals surface area (Å²) >= 11 is 1.63. The summed E-state index contributed by atoms with van der Waals surface area (Å²) in [6.45, 7) is 3.92. The van der Waals surface area contributed by atoms with E-state index in [2.05, 4.69) is 10.3 Å². The largest absolute Gasteiger partial charge is 0.466 e. The van der Waals surface area contributed by atoms with E-state index in [1.54, 1.807) is 17.5 Å². The molecule has 0 fully saturated rings. The Labute approximate surface area is 139 Å². The zero-order chi connectivity index (χ0) is 16.4. The number of methoxy groups -OCH3 is 1. The zero-order valence-electron chi connectivity index (χ0n) is 13.3. The highest BCUT2D eigenvalue weighted by Gasteiger charge is 2.35. The number of nitrogens with one attached hydrogen (secondary N) is 1. The van der Waals surface area contributed by atoms with Gasteiger partial charge in [0.25, 0.3) is 0 Å². The summed E-state index contributed by atoms with van der Waals surface area (Å²) in [7, 11) is 1.42. The molecule has 4 nitrogen and oxygen atoms in total. The van der Waals surface area contributed by atoms with Gasteiger partial charge >= 0.3 is 5.97 Å². The first-order valence-electron chi connectivity index (χ1n) is 7.35. The van der Waals surface area contributed by atoms with Crippen LogP contribution in [0, 0.1) is 0 Å². The number of esters is 1. The van der Waals surface area contributed by atoms with Crippen LogP contribution in [0.3, 0.4) is 0 Å². The third-order valence-corrected chi connectivity index (χ3v) is 4.87. The van der Waals surface area contributed by atoms with E-state index in [1.165, 1.54) is 7.11 Å². The molecule has 2 aromatic rings. The zero-order valence-corrected chi connectivity index (χ0v) is 14.1. The van der Waals surface area contributed by atoms with Gasteiger partial charge in [0, 0.05) is 28.0 Å². The van der Waals surface area contributed by atoms with Crippen LogP contribution >= 0.6 is 11.3 Å². The van der Waals surface area contributed by atoms with Gasteiger partial charge in [-0.1, -0.05) is 12.1 Å². The second-order valence-corrected chi connectivity index (χ2v) is 6.34. The van der Waals surface area contributed by atoms with E-state index in [0.717, 1.165) is 27.5 Å². The molecule has 2 aromatic heterocycles. The van der Waals surface area contributed by atoms with Crippen LogP contribution in [-0.2, 0) is 9.53 Å². The van der Waals surface area contributed by atoms with Crippen LogP contribution in [0.2, 0.25) is 0 Å². The first-order chi connectivity index (χ1) is 11.1. The van der Waals surface area contributed by atoms with Crippen molar-refractivity contribution in [1.29, 1.82) is 0 Å². The molecular formula is C18H18N2O2S. The molecule has 5 heteroatoms. The number of carbonyl (C=O) groups is 1. The molecule has 0 radical (unpaired) electrons. The van der Waals surface area contributed by atoms with Crippen molar-refractivity contribution < 1.29 is 9.53 Å². The maximum absolute atomic E-state index is 12.4. The van der Waals surface area contributed by atoms with Crippen molar-refractivity contribution in [1.82, 2.24) is 10.3 Å². The van der Waals surface area contributed by atoms with Gasteiger partial charge in [-0.25, -0.2) is 4.79 Å². The van der Waals surface area contributed by atoms with Crippen LogP contribution in [0.15, 0.2) is 58.9 Å². The molecule has 118 valence electrons. The highest BCUT2D eigenvalue weighted by molar-refractivity contribution is 7.10. The molecule has 0 saturated carbocycles. The lowest BCUT2D eigenvalue weighted by Gasteiger charge is -2.30. The van der Waals surface area contributed by atoms with Crippen LogP contribution in [0.1, 0.15) is 30.3 Å². The van der Waals surface area contributed by atoms with E-state index >= 15 is 0 Å². The summed E-state index contributed by atoms with van der Waals surface area (Å²) in [5.74, 6) is -0.479. The Morgan fingerprint density at radius 2 is 2.04 bits per heavy atom. The van der Waals surface area contributed by atoms with E-state index < -0.39 is 0 Å².